The van der Waals surface area contributed by atoms with Gasteiger partial charge in [0.25, 0.3) is 0 Å². The van der Waals surface area contributed by atoms with Crippen molar-refractivity contribution >= 4 is 10.1 Å². The molecule has 0 amide bonds. The summed E-state index contributed by atoms with van der Waals surface area (Å²) in [5.41, 5.74) is 0.865. The molecule has 0 aromatic rings. The van der Waals surface area contributed by atoms with Crippen molar-refractivity contribution in [2.75, 3.05) is 32.1 Å². The predicted octanol–water partition coefficient (Wildman–Crippen LogP) is 2.05. The van der Waals surface area contributed by atoms with Crippen molar-refractivity contribution in [2.45, 2.75) is 51.0 Å². The van der Waals surface area contributed by atoms with Crippen LogP contribution in [0.25, 0.3) is 0 Å². The monoisotopic (exact) mass is 315 g/mol. The number of hydrogen-bond donors (Lipinski definition) is 0. The Kier molecular flexibility index (Phi) is 4.30. The van der Waals surface area contributed by atoms with E-state index in [9.17, 15) is 8.42 Å². The molecule has 6 heteroatoms. The van der Waals surface area contributed by atoms with Crippen LogP contribution >= 0.6 is 0 Å². The molecular weight excluding hydrogens is 290 g/mol. The summed E-state index contributed by atoms with van der Waals surface area (Å²) in [6, 6.07) is 0. The highest BCUT2D eigenvalue weighted by Gasteiger charge is 2.48. The van der Waals surface area contributed by atoms with Crippen LogP contribution in [0.5, 0.6) is 0 Å². The molecule has 1 atom stereocenters. The van der Waals surface area contributed by atoms with Gasteiger partial charge in [-0.1, -0.05) is 19.3 Å². The number of hydrogen-bond acceptors (Lipinski definition) is 5. The van der Waals surface area contributed by atoms with Gasteiger partial charge in [0.1, 0.15) is 11.5 Å². The lowest BCUT2D eigenvalue weighted by molar-refractivity contribution is -0.0114. The Balaban J connectivity index is 2.04. The number of nitrogens with zero attached hydrogens (tertiary/aromatic N) is 1. The lowest BCUT2D eigenvalue weighted by Crippen LogP contribution is -2.60. The van der Waals surface area contributed by atoms with E-state index >= 15 is 0 Å². The standard InChI is InChI=1S/C15H25NO4S/c1-13-14-6-4-2-3-5-7-15(14,12-21(17,18)20-13)16-8-10-19-11-9-16/h2-12H2,1H3. The highest BCUT2D eigenvalue weighted by Crippen LogP contribution is 2.43. The highest BCUT2D eigenvalue weighted by atomic mass is 32.2. The number of fused-ring (bicyclic) bond motifs is 1. The quantitative estimate of drug-likeness (QED) is 0.693. The second-order valence-electron chi connectivity index (χ2n) is 6.37. The van der Waals surface area contributed by atoms with E-state index in [1.54, 1.807) is 0 Å². The Morgan fingerprint density at radius 2 is 1.81 bits per heavy atom. The van der Waals surface area contributed by atoms with Crippen molar-refractivity contribution in [1.29, 1.82) is 0 Å². The van der Waals surface area contributed by atoms with Gasteiger partial charge >= 0.3 is 10.1 Å². The normalized spacial score (nSPS) is 34.5. The molecule has 0 bridgehead atoms. The molecule has 1 saturated carbocycles. The fourth-order valence-corrected chi connectivity index (χ4v) is 5.74. The highest BCUT2D eigenvalue weighted by molar-refractivity contribution is 7.86. The van der Waals surface area contributed by atoms with Gasteiger partial charge in [0.05, 0.1) is 18.8 Å². The molecule has 1 saturated heterocycles. The van der Waals surface area contributed by atoms with Gasteiger partial charge in [-0.15, -0.1) is 0 Å². The van der Waals surface area contributed by atoms with Crippen LogP contribution < -0.4 is 0 Å². The Labute approximate surface area is 127 Å². The topological polar surface area (TPSA) is 55.8 Å². The van der Waals surface area contributed by atoms with Crippen LogP contribution in [0.2, 0.25) is 0 Å². The molecule has 0 spiro atoms. The second kappa shape index (κ2) is 5.89. The fraction of sp³-hybridized carbons (Fsp3) is 0.867. The summed E-state index contributed by atoms with van der Waals surface area (Å²) in [4.78, 5) is 2.35. The first-order valence-corrected chi connectivity index (χ1v) is 9.56. The van der Waals surface area contributed by atoms with E-state index in [2.05, 4.69) is 4.90 Å². The lowest BCUT2D eigenvalue weighted by atomic mass is 9.78. The van der Waals surface area contributed by atoms with E-state index in [4.69, 9.17) is 8.92 Å². The lowest BCUT2D eigenvalue weighted by Gasteiger charge is -2.49. The SMILES string of the molecule is CC1=C2CCCCCCC2(N2CCOCC2)CS(=O)(=O)O1. The summed E-state index contributed by atoms with van der Waals surface area (Å²) in [5, 5.41) is 0. The van der Waals surface area contributed by atoms with Gasteiger partial charge in [0.2, 0.25) is 0 Å². The van der Waals surface area contributed by atoms with E-state index in [-0.39, 0.29) is 11.3 Å². The molecule has 0 radical (unpaired) electrons. The molecule has 0 aromatic carbocycles. The average Bonchev–Trinajstić information content (AvgIpc) is 2.41. The first-order valence-electron chi connectivity index (χ1n) is 7.99. The van der Waals surface area contributed by atoms with Gasteiger partial charge in [0, 0.05) is 13.1 Å². The van der Waals surface area contributed by atoms with E-state index in [1.807, 2.05) is 6.92 Å². The zero-order chi connectivity index (χ0) is 14.9. The van der Waals surface area contributed by atoms with Gasteiger partial charge in [-0.2, -0.15) is 8.42 Å². The molecule has 3 aliphatic rings. The average molecular weight is 315 g/mol. The molecular formula is C15H25NO4S. The third kappa shape index (κ3) is 2.98. The smallest absolute Gasteiger partial charge is 0.311 e. The van der Waals surface area contributed by atoms with Crippen LogP contribution in [-0.4, -0.2) is 50.9 Å². The van der Waals surface area contributed by atoms with Gasteiger partial charge in [-0.3, -0.25) is 4.90 Å². The molecule has 2 aliphatic heterocycles. The minimum absolute atomic E-state index is 0.104. The van der Waals surface area contributed by atoms with E-state index in [1.165, 1.54) is 18.4 Å². The molecule has 21 heavy (non-hydrogen) atoms. The second-order valence-corrected chi connectivity index (χ2v) is 7.94. The van der Waals surface area contributed by atoms with Crippen molar-refractivity contribution < 1.29 is 17.3 Å². The number of allylic oxidation sites excluding steroid dienone is 1. The van der Waals surface area contributed by atoms with Crippen LogP contribution in [-0.2, 0) is 19.0 Å². The largest absolute Gasteiger partial charge is 0.387 e. The maximum Gasteiger partial charge on any atom is 0.311 e. The third-order valence-electron chi connectivity index (χ3n) is 5.04. The molecule has 1 aliphatic carbocycles. The van der Waals surface area contributed by atoms with Crippen LogP contribution in [0.3, 0.4) is 0 Å². The molecule has 0 aromatic heterocycles. The molecule has 1 unspecified atom stereocenters. The summed E-state index contributed by atoms with van der Waals surface area (Å²) in [6.07, 6.45) is 6.51. The zero-order valence-corrected chi connectivity index (χ0v) is 13.6. The zero-order valence-electron chi connectivity index (χ0n) is 12.8. The Morgan fingerprint density at radius 1 is 1.10 bits per heavy atom. The van der Waals surface area contributed by atoms with Gasteiger partial charge in [-0.05, 0) is 31.8 Å². The van der Waals surface area contributed by atoms with Crippen LogP contribution in [0.1, 0.15) is 45.4 Å². The molecule has 2 fully saturated rings. The molecule has 3 rings (SSSR count). The van der Waals surface area contributed by atoms with Gasteiger partial charge in [-0.25, -0.2) is 0 Å². The first-order chi connectivity index (χ1) is 10.0. The predicted molar refractivity (Wildman–Crippen MR) is 80.4 cm³/mol. The third-order valence-corrected chi connectivity index (χ3v) is 6.37. The maximum atomic E-state index is 12.2. The van der Waals surface area contributed by atoms with Crippen LogP contribution in [0.15, 0.2) is 11.3 Å². The minimum Gasteiger partial charge on any atom is -0.387 e. The minimum atomic E-state index is -3.48. The van der Waals surface area contributed by atoms with Crippen molar-refractivity contribution in [2.24, 2.45) is 0 Å². The van der Waals surface area contributed by atoms with Crippen molar-refractivity contribution in [3.8, 4) is 0 Å². The van der Waals surface area contributed by atoms with E-state index in [0.717, 1.165) is 38.8 Å². The van der Waals surface area contributed by atoms with Crippen molar-refractivity contribution in [3.05, 3.63) is 11.3 Å². The molecule has 2 heterocycles. The van der Waals surface area contributed by atoms with Gasteiger partial charge < -0.3 is 8.92 Å². The Bertz CT molecular complexity index is 522. The van der Waals surface area contributed by atoms with Crippen molar-refractivity contribution in [1.82, 2.24) is 4.90 Å². The number of morpholine rings is 1. The fourth-order valence-electron chi connectivity index (χ4n) is 4.11. The summed E-state index contributed by atoms with van der Waals surface area (Å²) in [5.74, 6) is 0.724. The summed E-state index contributed by atoms with van der Waals surface area (Å²) < 4.78 is 35.2. The number of ether oxygens (including phenoxy) is 1. The van der Waals surface area contributed by atoms with Gasteiger partial charge in [0.15, 0.2) is 0 Å². The number of rotatable bonds is 1. The Morgan fingerprint density at radius 3 is 2.57 bits per heavy atom. The summed E-state index contributed by atoms with van der Waals surface area (Å²) in [6.45, 7) is 4.82. The molecule has 0 N–H and O–H groups in total. The van der Waals surface area contributed by atoms with Crippen molar-refractivity contribution in [3.63, 3.8) is 0 Å². The molecule has 5 nitrogen and oxygen atoms in total. The Hall–Kier alpha value is -0.590. The van der Waals surface area contributed by atoms with E-state index in [0.29, 0.717) is 19.0 Å². The van der Waals surface area contributed by atoms with Crippen LogP contribution in [0, 0.1) is 0 Å². The first kappa shape index (κ1) is 15.3. The summed E-state index contributed by atoms with van der Waals surface area (Å²) in [7, 11) is -3.48. The van der Waals surface area contributed by atoms with E-state index < -0.39 is 10.1 Å². The van der Waals surface area contributed by atoms with Crippen LogP contribution in [0.4, 0.5) is 0 Å². The molecule has 120 valence electrons. The maximum absolute atomic E-state index is 12.2. The summed E-state index contributed by atoms with van der Waals surface area (Å²) >= 11 is 0.